The smallest absolute Gasteiger partial charge is 0.264 e. The van der Waals surface area contributed by atoms with Gasteiger partial charge in [-0.25, -0.2) is 8.42 Å². The molecule has 1 aliphatic rings. The molecule has 166 valence electrons. The monoisotopic (exact) mass is 469 g/mol. The molecule has 32 heavy (non-hydrogen) atoms. The Hall–Kier alpha value is -3.30. The Morgan fingerprint density at radius 3 is 2.44 bits per heavy atom. The molecule has 4 rings (SSSR count). The summed E-state index contributed by atoms with van der Waals surface area (Å²) in [5.74, 6) is 1.25. The molecule has 2 N–H and O–H groups in total. The summed E-state index contributed by atoms with van der Waals surface area (Å²) in [6.07, 6.45) is 0.712. The fraction of sp³-hybridized carbons (Fsp3) is 0.174. The van der Waals surface area contributed by atoms with Crippen LogP contribution in [0.5, 0.6) is 11.5 Å². The predicted molar refractivity (Wildman–Crippen MR) is 131 cm³/mol. The fourth-order valence-electron chi connectivity index (χ4n) is 3.58. The van der Waals surface area contributed by atoms with E-state index in [-0.39, 0.29) is 4.90 Å². The van der Waals surface area contributed by atoms with E-state index < -0.39 is 10.0 Å². The zero-order valence-corrected chi connectivity index (χ0v) is 19.3. The number of nitrogens with one attached hydrogen (secondary N) is 2. The lowest BCUT2D eigenvalue weighted by Crippen LogP contribution is -2.29. The topological polar surface area (TPSA) is 79.9 Å². The minimum atomic E-state index is -3.63. The molecular weight excluding hydrogens is 446 g/mol. The number of rotatable bonds is 6. The fourth-order valence-corrected chi connectivity index (χ4v) is 5.31. The molecule has 0 unspecified atom stereocenters. The van der Waals surface area contributed by atoms with Crippen LogP contribution in [0.1, 0.15) is 5.56 Å². The van der Waals surface area contributed by atoms with Gasteiger partial charge in [-0.3, -0.25) is 4.31 Å². The van der Waals surface area contributed by atoms with Gasteiger partial charge >= 0.3 is 0 Å². The zero-order chi connectivity index (χ0) is 22.7. The van der Waals surface area contributed by atoms with Crippen LogP contribution in [0.3, 0.4) is 0 Å². The van der Waals surface area contributed by atoms with Crippen molar-refractivity contribution in [1.82, 2.24) is 0 Å². The molecule has 0 aromatic heterocycles. The number of para-hydroxylation sites is 1. The van der Waals surface area contributed by atoms with Gasteiger partial charge in [0.1, 0.15) is 11.5 Å². The van der Waals surface area contributed by atoms with Gasteiger partial charge in [-0.1, -0.05) is 18.2 Å². The zero-order valence-electron chi connectivity index (χ0n) is 17.7. The minimum Gasteiger partial charge on any atom is -0.497 e. The number of nitrogens with zero attached hydrogens (tertiary/aromatic N) is 1. The Kier molecular flexibility index (Phi) is 6.20. The third-order valence-corrected chi connectivity index (χ3v) is 7.23. The van der Waals surface area contributed by atoms with E-state index in [0.29, 0.717) is 41.0 Å². The van der Waals surface area contributed by atoms with Crippen molar-refractivity contribution in [3.63, 3.8) is 0 Å². The second-order valence-corrected chi connectivity index (χ2v) is 9.40. The molecule has 3 aromatic rings. The number of ether oxygens (including phenoxy) is 2. The molecular formula is C23H23N3O4S2. The van der Waals surface area contributed by atoms with Crippen LogP contribution in [0.2, 0.25) is 0 Å². The van der Waals surface area contributed by atoms with Crippen molar-refractivity contribution in [2.45, 2.75) is 11.3 Å². The van der Waals surface area contributed by atoms with Crippen molar-refractivity contribution in [2.75, 3.05) is 35.7 Å². The highest BCUT2D eigenvalue weighted by atomic mass is 32.2. The summed E-state index contributed by atoms with van der Waals surface area (Å²) in [7, 11) is -0.485. The maximum absolute atomic E-state index is 13.1. The molecule has 0 saturated heterocycles. The lowest BCUT2D eigenvalue weighted by Gasteiger charge is -2.20. The second-order valence-electron chi connectivity index (χ2n) is 7.13. The molecule has 0 amide bonds. The normalized spacial score (nSPS) is 12.8. The summed E-state index contributed by atoms with van der Waals surface area (Å²) in [6.45, 7) is 0.444. The summed E-state index contributed by atoms with van der Waals surface area (Å²) in [5, 5.41) is 6.48. The van der Waals surface area contributed by atoms with Gasteiger partial charge in [-0.15, -0.1) is 0 Å². The third kappa shape index (κ3) is 4.35. The highest BCUT2D eigenvalue weighted by molar-refractivity contribution is 7.92. The molecule has 0 bridgehead atoms. The SMILES string of the molecule is COc1ccc(NC(=S)Nc2ccc(S(=O)(=O)N3CCc4ccccc43)cc2)c(OC)c1. The summed E-state index contributed by atoms with van der Waals surface area (Å²) in [4.78, 5) is 0.232. The van der Waals surface area contributed by atoms with Crippen molar-refractivity contribution in [3.8, 4) is 11.5 Å². The number of benzene rings is 3. The van der Waals surface area contributed by atoms with E-state index in [1.54, 1.807) is 56.7 Å². The van der Waals surface area contributed by atoms with Crippen molar-refractivity contribution >= 4 is 44.4 Å². The van der Waals surface area contributed by atoms with Crippen molar-refractivity contribution in [1.29, 1.82) is 0 Å². The van der Waals surface area contributed by atoms with Gasteiger partial charge in [0.25, 0.3) is 10.0 Å². The number of fused-ring (bicyclic) bond motifs is 1. The summed E-state index contributed by atoms with van der Waals surface area (Å²) < 4.78 is 38.3. The molecule has 1 aliphatic heterocycles. The summed E-state index contributed by atoms with van der Waals surface area (Å²) in [6, 6.07) is 19.5. The lowest BCUT2D eigenvalue weighted by atomic mass is 10.2. The van der Waals surface area contributed by atoms with E-state index in [9.17, 15) is 8.42 Å². The quantitative estimate of drug-likeness (QED) is 0.522. The molecule has 0 spiro atoms. The standard InChI is InChI=1S/C23H23N3O4S2/c1-29-18-9-12-20(22(15-18)30-2)25-23(31)24-17-7-10-19(11-8-17)32(27,28)26-14-13-16-5-3-4-6-21(16)26/h3-12,15H,13-14H2,1-2H3,(H2,24,25,31). The largest absolute Gasteiger partial charge is 0.497 e. The third-order valence-electron chi connectivity index (χ3n) is 5.20. The first-order chi connectivity index (χ1) is 15.4. The Balaban J connectivity index is 1.46. The van der Waals surface area contributed by atoms with E-state index in [0.717, 1.165) is 11.3 Å². The molecule has 0 saturated carbocycles. The van der Waals surface area contributed by atoms with Gasteiger partial charge < -0.3 is 20.1 Å². The van der Waals surface area contributed by atoms with Gasteiger partial charge in [0.15, 0.2) is 5.11 Å². The summed E-state index contributed by atoms with van der Waals surface area (Å²) >= 11 is 5.39. The summed E-state index contributed by atoms with van der Waals surface area (Å²) in [5.41, 5.74) is 3.13. The van der Waals surface area contributed by atoms with Crippen molar-refractivity contribution in [2.24, 2.45) is 0 Å². The van der Waals surface area contributed by atoms with E-state index in [2.05, 4.69) is 10.6 Å². The lowest BCUT2D eigenvalue weighted by molar-refractivity contribution is 0.395. The van der Waals surface area contributed by atoms with Crippen LogP contribution in [0.25, 0.3) is 0 Å². The maximum Gasteiger partial charge on any atom is 0.264 e. The average molecular weight is 470 g/mol. The number of thiocarbonyl (C=S) groups is 1. The van der Waals surface area contributed by atoms with E-state index in [1.165, 1.54) is 4.31 Å². The van der Waals surface area contributed by atoms with Crippen LogP contribution in [-0.4, -0.2) is 34.3 Å². The van der Waals surface area contributed by atoms with Crippen molar-refractivity contribution < 1.29 is 17.9 Å². The van der Waals surface area contributed by atoms with Gasteiger partial charge in [0, 0.05) is 18.3 Å². The maximum atomic E-state index is 13.1. The van der Waals surface area contributed by atoms with Gasteiger partial charge in [-0.2, -0.15) is 0 Å². The Morgan fingerprint density at radius 1 is 0.969 bits per heavy atom. The van der Waals surface area contributed by atoms with Crippen LogP contribution in [0, 0.1) is 0 Å². The molecule has 0 atom stereocenters. The van der Waals surface area contributed by atoms with E-state index in [4.69, 9.17) is 21.7 Å². The second kappa shape index (κ2) is 9.05. The molecule has 7 nitrogen and oxygen atoms in total. The molecule has 9 heteroatoms. The van der Waals surface area contributed by atoms with E-state index in [1.807, 2.05) is 24.3 Å². The first-order valence-electron chi connectivity index (χ1n) is 9.93. The molecule has 1 heterocycles. The van der Waals surface area contributed by atoms with Gasteiger partial charge in [0.05, 0.1) is 30.5 Å². The van der Waals surface area contributed by atoms with Gasteiger partial charge in [0.2, 0.25) is 0 Å². The van der Waals surface area contributed by atoms with Crippen LogP contribution in [0.15, 0.2) is 71.6 Å². The minimum absolute atomic E-state index is 0.232. The Labute approximate surface area is 193 Å². The van der Waals surface area contributed by atoms with Gasteiger partial charge in [-0.05, 0) is 66.7 Å². The highest BCUT2D eigenvalue weighted by Crippen LogP contribution is 2.33. The van der Waals surface area contributed by atoms with E-state index >= 15 is 0 Å². The number of sulfonamides is 1. The highest BCUT2D eigenvalue weighted by Gasteiger charge is 2.30. The Morgan fingerprint density at radius 2 is 1.72 bits per heavy atom. The molecule has 0 fully saturated rings. The first kappa shape index (κ1) is 21.9. The Bertz CT molecular complexity index is 1240. The molecule has 3 aromatic carbocycles. The van der Waals surface area contributed by atoms with Crippen LogP contribution >= 0.6 is 12.2 Å². The van der Waals surface area contributed by atoms with Crippen LogP contribution in [0.4, 0.5) is 17.1 Å². The predicted octanol–water partition coefficient (Wildman–Crippen LogP) is 4.26. The van der Waals surface area contributed by atoms with Crippen LogP contribution in [-0.2, 0) is 16.4 Å². The van der Waals surface area contributed by atoms with Crippen LogP contribution < -0.4 is 24.4 Å². The number of methoxy groups -OCH3 is 2. The molecule has 0 aliphatic carbocycles. The number of hydrogen-bond acceptors (Lipinski definition) is 5. The first-order valence-corrected chi connectivity index (χ1v) is 11.8. The molecule has 0 radical (unpaired) electrons. The number of anilines is 3. The number of hydrogen-bond donors (Lipinski definition) is 2. The van der Waals surface area contributed by atoms with Crippen molar-refractivity contribution in [3.05, 3.63) is 72.3 Å². The average Bonchev–Trinajstić information content (AvgIpc) is 3.25.